The molecule has 3 atom stereocenters. The summed E-state index contributed by atoms with van der Waals surface area (Å²) in [5.41, 5.74) is 2.79. The van der Waals surface area contributed by atoms with Gasteiger partial charge in [-0.25, -0.2) is 4.39 Å². The quantitative estimate of drug-likeness (QED) is 0.818. The van der Waals surface area contributed by atoms with Gasteiger partial charge in [0.15, 0.2) is 0 Å². The first-order valence-electron chi connectivity index (χ1n) is 9.26. The van der Waals surface area contributed by atoms with E-state index in [1.54, 1.807) is 12.1 Å². The number of benzene rings is 2. The highest BCUT2D eigenvalue weighted by Gasteiger charge is 2.31. The van der Waals surface area contributed by atoms with Gasteiger partial charge < -0.3 is 15.5 Å². The van der Waals surface area contributed by atoms with E-state index in [9.17, 15) is 9.18 Å². The molecule has 0 aromatic heterocycles. The molecule has 1 saturated heterocycles. The summed E-state index contributed by atoms with van der Waals surface area (Å²) < 4.78 is 14.1. The topological polar surface area (TPSA) is 56.7 Å². The van der Waals surface area contributed by atoms with Gasteiger partial charge in [-0.2, -0.15) is 0 Å². The van der Waals surface area contributed by atoms with Gasteiger partial charge in [0.25, 0.3) is 0 Å². The van der Waals surface area contributed by atoms with Crippen molar-refractivity contribution < 1.29 is 9.18 Å². The fourth-order valence-corrected chi connectivity index (χ4v) is 3.89. The van der Waals surface area contributed by atoms with Crippen LogP contribution in [0.4, 0.5) is 21.5 Å². The molecule has 1 amide bonds. The summed E-state index contributed by atoms with van der Waals surface area (Å²) in [6, 6.07) is 13.5. The van der Waals surface area contributed by atoms with Crippen molar-refractivity contribution in [2.24, 2.45) is 4.99 Å². The molecule has 6 heteroatoms. The number of fused-ring (bicyclic) bond motifs is 1. The molecule has 4 rings (SSSR count). The lowest BCUT2D eigenvalue weighted by atomic mass is 10.0. The van der Waals surface area contributed by atoms with Gasteiger partial charge >= 0.3 is 0 Å². The molecule has 2 N–H and O–H groups in total. The highest BCUT2D eigenvalue weighted by Crippen LogP contribution is 2.34. The van der Waals surface area contributed by atoms with Crippen molar-refractivity contribution in [2.45, 2.75) is 31.8 Å². The largest absolute Gasteiger partial charge is 0.368 e. The molecule has 27 heavy (non-hydrogen) atoms. The van der Waals surface area contributed by atoms with Crippen molar-refractivity contribution in [3.8, 4) is 0 Å². The summed E-state index contributed by atoms with van der Waals surface area (Å²) >= 11 is 0. The van der Waals surface area contributed by atoms with E-state index in [4.69, 9.17) is 0 Å². The number of anilines is 2. The van der Waals surface area contributed by atoms with Crippen molar-refractivity contribution in [3.63, 3.8) is 0 Å². The minimum Gasteiger partial charge on any atom is -0.368 e. The van der Waals surface area contributed by atoms with Gasteiger partial charge in [0.2, 0.25) is 5.91 Å². The van der Waals surface area contributed by atoms with Crippen LogP contribution < -0.4 is 15.5 Å². The van der Waals surface area contributed by atoms with E-state index in [2.05, 4.69) is 34.4 Å². The summed E-state index contributed by atoms with van der Waals surface area (Å²) in [6.45, 7) is 6.30. The lowest BCUT2D eigenvalue weighted by Crippen LogP contribution is -2.54. The number of halogens is 1. The van der Waals surface area contributed by atoms with Crippen LogP contribution in [-0.2, 0) is 4.79 Å². The maximum atomic E-state index is 14.1. The molecule has 5 nitrogen and oxygen atoms in total. The average Bonchev–Trinajstić information content (AvgIpc) is 2.96. The van der Waals surface area contributed by atoms with Crippen LogP contribution in [0.1, 0.15) is 25.3 Å². The van der Waals surface area contributed by atoms with E-state index in [0.29, 0.717) is 23.3 Å². The minimum absolute atomic E-state index is 0.251. The molecule has 140 valence electrons. The summed E-state index contributed by atoms with van der Waals surface area (Å²) in [5.74, 6) is -1.34. The van der Waals surface area contributed by atoms with Crippen LogP contribution in [0.25, 0.3) is 0 Å². The van der Waals surface area contributed by atoms with Gasteiger partial charge in [0, 0.05) is 48.3 Å². The number of hydrogen-bond acceptors (Lipinski definition) is 4. The Hall–Kier alpha value is -2.73. The van der Waals surface area contributed by atoms with Crippen LogP contribution in [0.3, 0.4) is 0 Å². The normalized spacial score (nSPS) is 24.9. The summed E-state index contributed by atoms with van der Waals surface area (Å²) in [5, 5.41) is 6.23. The Balaban J connectivity index is 1.50. The number of piperazine rings is 1. The first-order valence-corrected chi connectivity index (χ1v) is 9.26. The molecule has 0 radical (unpaired) electrons. The first-order chi connectivity index (χ1) is 13.0. The zero-order valence-electron chi connectivity index (χ0n) is 15.4. The van der Waals surface area contributed by atoms with Gasteiger partial charge in [-0.1, -0.05) is 6.07 Å². The van der Waals surface area contributed by atoms with Crippen LogP contribution in [0.2, 0.25) is 0 Å². The Morgan fingerprint density at radius 2 is 1.81 bits per heavy atom. The van der Waals surface area contributed by atoms with E-state index in [1.807, 2.05) is 24.3 Å². The molecule has 2 aliphatic rings. The Kier molecular flexibility index (Phi) is 4.66. The number of nitrogens with one attached hydrogen (secondary N) is 2. The fraction of sp³-hybridized carbons (Fsp3) is 0.333. The molecule has 2 aliphatic heterocycles. The SMILES string of the molecule is CC1CN(c2ccc(N=CC3C(=O)Nc4cccc(F)c43)cc2)CC(C)N1. The Bertz CT molecular complexity index is 870. The van der Waals surface area contributed by atoms with E-state index in [1.165, 1.54) is 12.3 Å². The zero-order chi connectivity index (χ0) is 19.0. The minimum atomic E-state index is -0.698. The van der Waals surface area contributed by atoms with Crippen molar-refractivity contribution in [1.82, 2.24) is 5.32 Å². The number of nitrogens with zero attached hydrogens (tertiary/aromatic N) is 2. The summed E-state index contributed by atoms with van der Waals surface area (Å²) in [7, 11) is 0. The summed E-state index contributed by atoms with van der Waals surface area (Å²) in [4.78, 5) is 18.9. The van der Waals surface area contributed by atoms with E-state index in [0.717, 1.165) is 24.5 Å². The first kappa shape index (κ1) is 17.7. The van der Waals surface area contributed by atoms with Gasteiger partial charge in [0.05, 0.1) is 5.69 Å². The van der Waals surface area contributed by atoms with E-state index >= 15 is 0 Å². The van der Waals surface area contributed by atoms with Crippen LogP contribution in [-0.4, -0.2) is 37.3 Å². The summed E-state index contributed by atoms with van der Waals surface area (Å²) in [6.07, 6.45) is 1.52. The Labute approximate surface area is 158 Å². The van der Waals surface area contributed by atoms with Crippen molar-refractivity contribution >= 4 is 29.2 Å². The highest BCUT2D eigenvalue weighted by molar-refractivity contribution is 6.12. The Morgan fingerprint density at radius 3 is 2.52 bits per heavy atom. The fourth-order valence-electron chi connectivity index (χ4n) is 3.89. The second kappa shape index (κ2) is 7.12. The van der Waals surface area contributed by atoms with Crippen LogP contribution >= 0.6 is 0 Å². The van der Waals surface area contributed by atoms with E-state index in [-0.39, 0.29) is 11.7 Å². The third kappa shape index (κ3) is 3.57. The Morgan fingerprint density at radius 1 is 1.11 bits per heavy atom. The number of rotatable bonds is 3. The van der Waals surface area contributed by atoms with Crippen molar-refractivity contribution in [2.75, 3.05) is 23.3 Å². The van der Waals surface area contributed by atoms with Crippen molar-refractivity contribution in [3.05, 3.63) is 53.8 Å². The smallest absolute Gasteiger partial charge is 0.237 e. The molecule has 0 spiro atoms. The van der Waals surface area contributed by atoms with Crippen LogP contribution in [0, 0.1) is 5.82 Å². The third-order valence-corrected chi connectivity index (χ3v) is 5.05. The number of carbonyl (C=O) groups is 1. The molecule has 2 aromatic carbocycles. The second-order valence-electron chi connectivity index (χ2n) is 7.34. The monoisotopic (exact) mass is 366 g/mol. The zero-order valence-corrected chi connectivity index (χ0v) is 15.4. The number of carbonyl (C=O) groups excluding carboxylic acids is 1. The predicted octanol–water partition coefficient (Wildman–Crippen LogP) is 3.45. The average molecular weight is 366 g/mol. The molecular weight excluding hydrogens is 343 g/mol. The van der Waals surface area contributed by atoms with Crippen molar-refractivity contribution in [1.29, 1.82) is 0 Å². The molecule has 0 saturated carbocycles. The maximum Gasteiger partial charge on any atom is 0.237 e. The second-order valence-corrected chi connectivity index (χ2v) is 7.34. The number of aliphatic imine (C=N–C) groups is 1. The molecule has 0 bridgehead atoms. The number of hydrogen-bond donors (Lipinski definition) is 2. The van der Waals surface area contributed by atoms with Gasteiger partial charge in [-0.05, 0) is 50.2 Å². The van der Waals surface area contributed by atoms with Crippen LogP contribution in [0.5, 0.6) is 0 Å². The van der Waals surface area contributed by atoms with Gasteiger partial charge in [-0.15, -0.1) is 0 Å². The number of amides is 1. The molecule has 2 aromatic rings. The molecule has 3 unspecified atom stereocenters. The maximum absolute atomic E-state index is 14.1. The lowest BCUT2D eigenvalue weighted by molar-refractivity contribution is -0.115. The lowest BCUT2D eigenvalue weighted by Gasteiger charge is -2.37. The van der Waals surface area contributed by atoms with E-state index < -0.39 is 5.92 Å². The molecule has 1 fully saturated rings. The standard InChI is InChI=1S/C21H23FN4O/c1-13-11-26(12-14(2)24-13)16-8-6-15(7-9-16)23-10-17-20-18(22)4-3-5-19(20)25-21(17)27/h3-10,13-14,17,24H,11-12H2,1-2H3,(H,25,27). The van der Waals surface area contributed by atoms with Crippen LogP contribution in [0.15, 0.2) is 47.5 Å². The highest BCUT2D eigenvalue weighted by atomic mass is 19.1. The molecular formula is C21H23FN4O. The van der Waals surface area contributed by atoms with Gasteiger partial charge in [-0.3, -0.25) is 9.79 Å². The third-order valence-electron chi connectivity index (χ3n) is 5.05. The molecule has 2 heterocycles. The van der Waals surface area contributed by atoms with Gasteiger partial charge in [0.1, 0.15) is 11.7 Å². The molecule has 0 aliphatic carbocycles. The predicted molar refractivity (Wildman–Crippen MR) is 107 cm³/mol.